The Hall–Kier alpha value is -1.66. The van der Waals surface area contributed by atoms with Crippen LogP contribution in [0.25, 0.3) is 0 Å². The third-order valence-electron chi connectivity index (χ3n) is 9.00. The third kappa shape index (κ3) is 38.5. The first kappa shape index (κ1) is 44.3. The Morgan fingerprint density at radius 1 is 0.370 bits per heavy atom. The molecule has 270 valence electrons. The fourth-order valence-corrected chi connectivity index (χ4v) is 6.00. The molecule has 0 spiro atoms. The third-order valence-corrected chi connectivity index (χ3v) is 9.00. The first-order chi connectivity index (χ1) is 22.4. The second-order valence-corrected chi connectivity index (χ2v) is 13.6. The SMILES string of the molecule is O=C(O)CCCCCCCC=CC[C@H](O)CCCCCCCCCCCCCCCC[C@@H](O)CC=CCCCCCCCC(=O)O. The van der Waals surface area contributed by atoms with Gasteiger partial charge in [0, 0.05) is 12.8 Å². The number of carbonyl (C=O) groups is 2. The molecule has 0 heterocycles. The molecule has 0 rings (SSSR count). The molecule has 46 heavy (non-hydrogen) atoms. The highest BCUT2D eigenvalue weighted by molar-refractivity contribution is 5.66. The molecule has 0 saturated carbocycles. The lowest BCUT2D eigenvalue weighted by Crippen LogP contribution is -2.04. The summed E-state index contributed by atoms with van der Waals surface area (Å²) in [6.45, 7) is 0. The van der Waals surface area contributed by atoms with Crippen LogP contribution in [0.15, 0.2) is 24.3 Å². The Bertz CT molecular complexity index is 659. The number of hydrogen-bond donors (Lipinski definition) is 4. The number of allylic oxidation sites excluding steroid dienone is 2. The van der Waals surface area contributed by atoms with Crippen LogP contribution in [0.3, 0.4) is 0 Å². The molecule has 0 amide bonds. The minimum atomic E-state index is -0.694. The van der Waals surface area contributed by atoms with Crippen molar-refractivity contribution < 1.29 is 30.0 Å². The molecule has 0 aromatic rings. The Kier molecular flexibility index (Phi) is 34.9. The molecule has 0 saturated heterocycles. The van der Waals surface area contributed by atoms with E-state index in [2.05, 4.69) is 24.3 Å². The first-order valence-corrected chi connectivity index (χ1v) is 19.5. The molecular weight excluding hydrogens is 576 g/mol. The number of carboxylic acid groups (broad SMARTS) is 2. The highest BCUT2D eigenvalue weighted by Crippen LogP contribution is 2.16. The van der Waals surface area contributed by atoms with Crippen LogP contribution in [-0.2, 0) is 9.59 Å². The zero-order valence-electron chi connectivity index (χ0n) is 29.7. The summed E-state index contributed by atoms with van der Waals surface area (Å²) in [6.07, 6.45) is 42.8. The van der Waals surface area contributed by atoms with Crippen LogP contribution in [0.1, 0.15) is 205 Å². The maximum absolute atomic E-state index is 10.5. The van der Waals surface area contributed by atoms with Crippen molar-refractivity contribution in [3.63, 3.8) is 0 Å². The second kappa shape index (κ2) is 36.2. The zero-order valence-corrected chi connectivity index (χ0v) is 29.7. The normalized spacial score (nSPS) is 13.2. The summed E-state index contributed by atoms with van der Waals surface area (Å²) in [6, 6.07) is 0. The molecule has 6 nitrogen and oxygen atoms in total. The lowest BCUT2D eigenvalue weighted by molar-refractivity contribution is -0.138. The molecule has 0 unspecified atom stereocenters. The molecule has 0 aromatic heterocycles. The van der Waals surface area contributed by atoms with Crippen LogP contribution >= 0.6 is 0 Å². The molecule has 0 fully saturated rings. The van der Waals surface area contributed by atoms with Crippen LogP contribution in [0, 0.1) is 0 Å². The van der Waals surface area contributed by atoms with E-state index in [0.29, 0.717) is 12.8 Å². The van der Waals surface area contributed by atoms with Gasteiger partial charge in [-0.1, -0.05) is 153 Å². The van der Waals surface area contributed by atoms with Gasteiger partial charge in [-0.05, 0) is 64.2 Å². The van der Waals surface area contributed by atoms with Gasteiger partial charge in [-0.3, -0.25) is 9.59 Å². The van der Waals surface area contributed by atoms with E-state index in [1.54, 1.807) is 0 Å². The Labute approximate surface area is 283 Å². The average Bonchev–Trinajstić information content (AvgIpc) is 3.02. The van der Waals surface area contributed by atoms with E-state index in [-0.39, 0.29) is 12.2 Å². The maximum Gasteiger partial charge on any atom is 0.303 e. The number of aliphatic hydroxyl groups excluding tert-OH is 2. The predicted octanol–water partition coefficient (Wildman–Crippen LogP) is 11.5. The standard InChI is InChI=1S/C40H74O6/c41-37(33-27-21-15-9-11-17-23-29-35-39(43)44)31-25-19-13-7-5-3-1-2-4-6-8-14-20-26-32-38(42)34-28-22-16-10-12-18-24-30-36-40(45)46/h21-22,27-28,37-38,41-42H,1-20,23-26,29-36H2,(H,43,44)(H,45,46)/t37-,38-/m1/s1. The average molecular weight is 651 g/mol. The van der Waals surface area contributed by atoms with Crippen molar-refractivity contribution in [1.82, 2.24) is 0 Å². The second-order valence-electron chi connectivity index (χ2n) is 13.6. The quantitative estimate of drug-likeness (QED) is 0.0393. The lowest BCUT2D eigenvalue weighted by Gasteiger charge is -2.08. The molecule has 0 radical (unpaired) electrons. The molecular formula is C40H74O6. The van der Waals surface area contributed by atoms with E-state index >= 15 is 0 Å². The first-order valence-electron chi connectivity index (χ1n) is 19.5. The topological polar surface area (TPSA) is 115 Å². The van der Waals surface area contributed by atoms with Gasteiger partial charge in [0.1, 0.15) is 0 Å². The largest absolute Gasteiger partial charge is 0.481 e. The summed E-state index contributed by atoms with van der Waals surface area (Å²) in [7, 11) is 0. The predicted molar refractivity (Wildman–Crippen MR) is 193 cm³/mol. The molecule has 6 heteroatoms. The van der Waals surface area contributed by atoms with Crippen molar-refractivity contribution in [3.05, 3.63) is 24.3 Å². The van der Waals surface area contributed by atoms with Gasteiger partial charge in [-0.2, -0.15) is 0 Å². The van der Waals surface area contributed by atoms with Crippen LogP contribution < -0.4 is 0 Å². The number of aliphatic carboxylic acids is 2. The van der Waals surface area contributed by atoms with Gasteiger partial charge in [-0.25, -0.2) is 0 Å². The monoisotopic (exact) mass is 651 g/mol. The summed E-state index contributed by atoms with van der Waals surface area (Å²) in [5.74, 6) is -1.39. The van der Waals surface area contributed by atoms with Gasteiger partial charge >= 0.3 is 11.9 Å². The van der Waals surface area contributed by atoms with Gasteiger partial charge in [-0.15, -0.1) is 0 Å². The van der Waals surface area contributed by atoms with Crippen molar-refractivity contribution >= 4 is 11.9 Å². The number of rotatable bonds is 37. The highest BCUT2D eigenvalue weighted by Gasteiger charge is 2.03. The van der Waals surface area contributed by atoms with Crippen LogP contribution in [0.2, 0.25) is 0 Å². The van der Waals surface area contributed by atoms with E-state index in [4.69, 9.17) is 10.2 Å². The fourth-order valence-electron chi connectivity index (χ4n) is 6.00. The summed E-state index contributed by atoms with van der Waals surface area (Å²) < 4.78 is 0. The van der Waals surface area contributed by atoms with E-state index < -0.39 is 11.9 Å². The van der Waals surface area contributed by atoms with E-state index in [0.717, 1.165) is 116 Å². The van der Waals surface area contributed by atoms with Crippen LogP contribution in [-0.4, -0.2) is 44.6 Å². The molecule has 0 aliphatic carbocycles. The van der Waals surface area contributed by atoms with Crippen molar-refractivity contribution in [2.24, 2.45) is 0 Å². The molecule has 0 aromatic carbocycles. The highest BCUT2D eigenvalue weighted by atomic mass is 16.4. The van der Waals surface area contributed by atoms with Gasteiger partial charge in [0.2, 0.25) is 0 Å². The Balaban J connectivity index is 3.30. The van der Waals surface area contributed by atoms with Crippen molar-refractivity contribution in [2.45, 2.75) is 218 Å². The van der Waals surface area contributed by atoms with Gasteiger partial charge in [0.25, 0.3) is 0 Å². The molecule has 2 atom stereocenters. The summed E-state index contributed by atoms with van der Waals surface area (Å²) in [5.41, 5.74) is 0. The van der Waals surface area contributed by atoms with Crippen LogP contribution in [0.4, 0.5) is 0 Å². The van der Waals surface area contributed by atoms with E-state index in [9.17, 15) is 19.8 Å². The lowest BCUT2D eigenvalue weighted by atomic mass is 10.0. The zero-order chi connectivity index (χ0) is 33.8. The Morgan fingerprint density at radius 2 is 0.630 bits per heavy atom. The summed E-state index contributed by atoms with van der Waals surface area (Å²) >= 11 is 0. The molecule has 4 N–H and O–H groups in total. The van der Waals surface area contributed by atoms with Gasteiger partial charge < -0.3 is 20.4 Å². The number of hydrogen-bond acceptors (Lipinski definition) is 4. The van der Waals surface area contributed by atoms with Crippen molar-refractivity contribution in [2.75, 3.05) is 0 Å². The number of unbranched alkanes of at least 4 members (excludes halogenated alkanes) is 23. The molecule has 0 aliphatic rings. The smallest absolute Gasteiger partial charge is 0.303 e. The van der Waals surface area contributed by atoms with Crippen LogP contribution in [0.5, 0.6) is 0 Å². The molecule has 0 aliphatic heterocycles. The maximum atomic E-state index is 10.5. The summed E-state index contributed by atoms with van der Waals surface area (Å²) in [5, 5.41) is 37.6. The van der Waals surface area contributed by atoms with Gasteiger partial charge in [0.15, 0.2) is 0 Å². The van der Waals surface area contributed by atoms with Gasteiger partial charge in [0.05, 0.1) is 12.2 Å². The van der Waals surface area contributed by atoms with Crippen molar-refractivity contribution in [3.8, 4) is 0 Å². The number of carboxylic acids is 2. The minimum Gasteiger partial charge on any atom is -0.481 e. The van der Waals surface area contributed by atoms with E-state index in [1.165, 1.54) is 77.0 Å². The number of aliphatic hydroxyl groups is 2. The van der Waals surface area contributed by atoms with E-state index in [1.807, 2.05) is 0 Å². The fraction of sp³-hybridized carbons (Fsp3) is 0.850. The van der Waals surface area contributed by atoms with Crippen molar-refractivity contribution in [1.29, 1.82) is 0 Å². The minimum absolute atomic E-state index is 0.205. The molecule has 0 bridgehead atoms. The summed E-state index contributed by atoms with van der Waals surface area (Å²) in [4.78, 5) is 21.0. The Morgan fingerprint density at radius 3 is 0.935 bits per heavy atom.